The summed E-state index contributed by atoms with van der Waals surface area (Å²) < 4.78 is 19.5. The van der Waals surface area contributed by atoms with E-state index in [2.05, 4.69) is 6.07 Å². The minimum absolute atomic E-state index is 0.0775. The second kappa shape index (κ2) is 4.91. The van der Waals surface area contributed by atoms with Gasteiger partial charge < -0.3 is 10.5 Å². The highest BCUT2D eigenvalue weighted by atomic mass is 19.1. The fourth-order valence-corrected chi connectivity index (χ4v) is 2.77. The van der Waals surface area contributed by atoms with Crippen molar-refractivity contribution in [1.29, 1.82) is 0 Å². The van der Waals surface area contributed by atoms with E-state index in [1.54, 1.807) is 12.1 Å². The van der Waals surface area contributed by atoms with Gasteiger partial charge in [-0.25, -0.2) is 4.39 Å². The van der Waals surface area contributed by atoms with Crippen molar-refractivity contribution in [3.63, 3.8) is 0 Å². The number of rotatable bonds is 1. The zero-order valence-corrected chi connectivity index (χ0v) is 11.7. The summed E-state index contributed by atoms with van der Waals surface area (Å²) >= 11 is 0. The lowest BCUT2D eigenvalue weighted by Crippen LogP contribution is -2.24. The fraction of sp³-hybridized carbons (Fsp3) is 0.294. The van der Waals surface area contributed by atoms with Gasteiger partial charge in [-0.05, 0) is 43.2 Å². The fourth-order valence-electron chi connectivity index (χ4n) is 2.77. The Hall–Kier alpha value is -1.87. The summed E-state index contributed by atoms with van der Waals surface area (Å²) in [7, 11) is 0. The van der Waals surface area contributed by atoms with Crippen LogP contribution >= 0.6 is 0 Å². The van der Waals surface area contributed by atoms with E-state index in [-0.39, 0.29) is 18.0 Å². The predicted octanol–water partition coefficient (Wildman–Crippen LogP) is 3.97. The van der Waals surface area contributed by atoms with E-state index in [9.17, 15) is 4.39 Å². The van der Waals surface area contributed by atoms with Crippen molar-refractivity contribution in [1.82, 2.24) is 0 Å². The van der Waals surface area contributed by atoms with Gasteiger partial charge in [0.15, 0.2) is 0 Å². The molecular weight excluding hydrogens is 253 g/mol. The second-order valence-corrected chi connectivity index (χ2v) is 5.49. The molecule has 0 amide bonds. The monoisotopic (exact) mass is 271 g/mol. The zero-order chi connectivity index (χ0) is 14.3. The Morgan fingerprint density at radius 1 is 1.10 bits per heavy atom. The molecule has 2 unspecified atom stereocenters. The van der Waals surface area contributed by atoms with Gasteiger partial charge in [0.05, 0.1) is 0 Å². The van der Waals surface area contributed by atoms with E-state index in [1.807, 2.05) is 26.0 Å². The van der Waals surface area contributed by atoms with Crippen LogP contribution in [0, 0.1) is 19.7 Å². The molecule has 2 atom stereocenters. The standard InChI is InChI=1S/C17H18FNO/c1-10-3-6-16-14(7-10)15(19)9-17(20-16)13-8-12(18)5-4-11(13)2/h3-8,15,17H,9,19H2,1-2H3. The van der Waals surface area contributed by atoms with Gasteiger partial charge in [0.2, 0.25) is 0 Å². The van der Waals surface area contributed by atoms with Gasteiger partial charge in [0.25, 0.3) is 0 Å². The molecule has 3 heteroatoms. The first kappa shape index (κ1) is 13.1. The number of aryl methyl sites for hydroxylation is 2. The average molecular weight is 271 g/mol. The Kier molecular flexibility index (Phi) is 3.22. The largest absolute Gasteiger partial charge is 0.485 e. The van der Waals surface area contributed by atoms with Crippen molar-refractivity contribution in [3.05, 3.63) is 64.5 Å². The smallest absolute Gasteiger partial charge is 0.126 e. The highest BCUT2D eigenvalue weighted by molar-refractivity contribution is 5.42. The zero-order valence-electron chi connectivity index (χ0n) is 11.7. The molecule has 1 aliphatic rings. The van der Waals surface area contributed by atoms with Crippen LogP contribution in [0.15, 0.2) is 36.4 Å². The molecule has 0 saturated heterocycles. The molecule has 2 nitrogen and oxygen atoms in total. The molecule has 0 spiro atoms. The molecule has 104 valence electrons. The molecule has 2 aromatic rings. The van der Waals surface area contributed by atoms with Gasteiger partial charge in [0.1, 0.15) is 17.7 Å². The van der Waals surface area contributed by atoms with Crippen molar-refractivity contribution in [3.8, 4) is 5.75 Å². The summed E-state index contributed by atoms with van der Waals surface area (Å²) in [4.78, 5) is 0. The summed E-state index contributed by atoms with van der Waals surface area (Å²) in [5.74, 6) is 0.570. The highest BCUT2D eigenvalue weighted by Gasteiger charge is 2.28. The highest BCUT2D eigenvalue weighted by Crippen LogP contribution is 2.40. The molecule has 0 saturated carbocycles. The van der Waals surface area contributed by atoms with Gasteiger partial charge in [-0.2, -0.15) is 0 Å². The third kappa shape index (κ3) is 2.29. The Labute approximate surface area is 118 Å². The summed E-state index contributed by atoms with van der Waals surface area (Å²) in [5, 5.41) is 0. The normalized spacial score (nSPS) is 21.2. The van der Waals surface area contributed by atoms with Crippen LogP contribution in [0.3, 0.4) is 0 Å². The second-order valence-electron chi connectivity index (χ2n) is 5.49. The van der Waals surface area contributed by atoms with Crippen LogP contribution in [0.2, 0.25) is 0 Å². The number of benzene rings is 2. The van der Waals surface area contributed by atoms with Gasteiger partial charge >= 0.3 is 0 Å². The molecule has 1 aliphatic heterocycles. The summed E-state index contributed by atoms with van der Waals surface area (Å²) in [6.07, 6.45) is 0.483. The predicted molar refractivity (Wildman–Crippen MR) is 77.2 cm³/mol. The van der Waals surface area contributed by atoms with Crippen LogP contribution in [0.25, 0.3) is 0 Å². The van der Waals surface area contributed by atoms with E-state index in [4.69, 9.17) is 10.5 Å². The van der Waals surface area contributed by atoms with Crippen LogP contribution in [0.5, 0.6) is 5.75 Å². The van der Waals surface area contributed by atoms with Crippen molar-refractivity contribution in [2.24, 2.45) is 5.73 Å². The van der Waals surface area contributed by atoms with E-state index in [0.29, 0.717) is 6.42 Å². The van der Waals surface area contributed by atoms with Crippen LogP contribution < -0.4 is 10.5 Å². The Morgan fingerprint density at radius 2 is 1.90 bits per heavy atom. The first-order valence-corrected chi connectivity index (χ1v) is 6.83. The molecule has 0 aromatic heterocycles. The van der Waals surface area contributed by atoms with Crippen molar-refractivity contribution < 1.29 is 9.13 Å². The van der Waals surface area contributed by atoms with Crippen molar-refractivity contribution in [2.45, 2.75) is 32.4 Å². The van der Waals surface area contributed by atoms with Gasteiger partial charge in [-0.3, -0.25) is 0 Å². The van der Waals surface area contributed by atoms with E-state index >= 15 is 0 Å². The number of nitrogens with two attached hydrogens (primary N) is 1. The molecule has 0 bridgehead atoms. The van der Waals surface area contributed by atoms with Gasteiger partial charge in [0, 0.05) is 18.0 Å². The third-order valence-corrected chi connectivity index (χ3v) is 3.89. The van der Waals surface area contributed by atoms with Crippen LogP contribution in [0.1, 0.15) is 40.8 Å². The van der Waals surface area contributed by atoms with Crippen LogP contribution in [-0.2, 0) is 0 Å². The maximum atomic E-state index is 13.5. The summed E-state index contributed by atoms with van der Waals surface area (Å²) in [5.41, 5.74) is 10.4. The molecule has 0 aliphatic carbocycles. The number of ether oxygens (including phenoxy) is 1. The molecule has 2 N–H and O–H groups in total. The van der Waals surface area contributed by atoms with E-state index in [1.165, 1.54) is 11.6 Å². The molecular formula is C17H18FNO. The molecule has 0 radical (unpaired) electrons. The maximum absolute atomic E-state index is 13.5. The van der Waals surface area contributed by atoms with E-state index in [0.717, 1.165) is 22.4 Å². The lowest BCUT2D eigenvalue weighted by Gasteiger charge is -2.31. The lowest BCUT2D eigenvalue weighted by atomic mass is 9.91. The quantitative estimate of drug-likeness (QED) is 0.852. The first-order chi connectivity index (χ1) is 9.54. The lowest BCUT2D eigenvalue weighted by molar-refractivity contribution is 0.160. The summed E-state index contributed by atoms with van der Waals surface area (Å²) in [6.45, 7) is 4.00. The molecule has 3 rings (SSSR count). The average Bonchev–Trinajstić information content (AvgIpc) is 2.42. The number of hydrogen-bond donors (Lipinski definition) is 1. The minimum Gasteiger partial charge on any atom is -0.485 e. The number of halogens is 1. The number of fused-ring (bicyclic) bond motifs is 1. The molecule has 20 heavy (non-hydrogen) atoms. The van der Waals surface area contributed by atoms with E-state index < -0.39 is 0 Å². The maximum Gasteiger partial charge on any atom is 0.126 e. The first-order valence-electron chi connectivity index (χ1n) is 6.83. The molecule has 1 heterocycles. The van der Waals surface area contributed by atoms with Crippen LogP contribution in [-0.4, -0.2) is 0 Å². The van der Waals surface area contributed by atoms with Crippen molar-refractivity contribution >= 4 is 0 Å². The van der Waals surface area contributed by atoms with Gasteiger partial charge in [-0.15, -0.1) is 0 Å². The Balaban J connectivity index is 1.99. The third-order valence-electron chi connectivity index (χ3n) is 3.89. The van der Waals surface area contributed by atoms with Crippen molar-refractivity contribution in [2.75, 3.05) is 0 Å². The topological polar surface area (TPSA) is 35.2 Å². The summed E-state index contributed by atoms with van der Waals surface area (Å²) in [6, 6.07) is 10.7. The molecule has 0 fully saturated rings. The number of hydrogen-bond acceptors (Lipinski definition) is 2. The molecule has 2 aromatic carbocycles. The Morgan fingerprint density at radius 3 is 2.70 bits per heavy atom. The van der Waals surface area contributed by atoms with Gasteiger partial charge in [-0.1, -0.05) is 23.8 Å². The SMILES string of the molecule is Cc1ccc2c(c1)C(N)CC(c1cc(F)ccc1C)O2. The Bertz CT molecular complexity index is 653. The van der Waals surface area contributed by atoms with Crippen LogP contribution in [0.4, 0.5) is 4.39 Å². The minimum atomic E-state index is -0.238.